The van der Waals surface area contributed by atoms with E-state index in [1.54, 1.807) is 7.11 Å². The summed E-state index contributed by atoms with van der Waals surface area (Å²) < 4.78 is 11.1. The van der Waals surface area contributed by atoms with Crippen molar-refractivity contribution in [3.63, 3.8) is 0 Å². The number of hydrogen-bond acceptors (Lipinski definition) is 6. The lowest BCUT2D eigenvalue weighted by atomic mass is 9.94. The first-order chi connectivity index (χ1) is 19.0. The molecule has 0 saturated carbocycles. The van der Waals surface area contributed by atoms with Crippen molar-refractivity contribution in [3.05, 3.63) is 83.9 Å². The summed E-state index contributed by atoms with van der Waals surface area (Å²) in [5.41, 5.74) is 5.46. The fraction of sp³-hybridized carbons (Fsp3) is 0.375. The highest BCUT2D eigenvalue weighted by atomic mass is 16.5. The van der Waals surface area contributed by atoms with E-state index in [2.05, 4.69) is 53.1 Å². The zero-order valence-electron chi connectivity index (χ0n) is 22.8. The Morgan fingerprint density at radius 3 is 2.36 bits per heavy atom. The molecule has 1 aliphatic heterocycles. The van der Waals surface area contributed by atoms with E-state index in [0.717, 1.165) is 67.3 Å². The van der Waals surface area contributed by atoms with Crippen LogP contribution in [-0.2, 0) is 14.3 Å². The number of nitriles is 1. The van der Waals surface area contributed by atoms with Crippen molar-refractivity contribution in [2.75, 3.05) is 43.3 Å². The third-order valence-corrected chi connectivity index (χ3v) is 7.18. The van der Waals surface area contributed by atoms with Gasteiger partial charge in [-0.1, -0.05) is 31.2 Å². The van der Waals surface area contributed by atoms with Gasteiger partial charge in [-0.3, -0.25) is 4.79 Å². The maximum Gasteiger partial charge on any atom is 0.304 e. The molecule has 7 heteroatoms. The summed E-state index contributed by atoms with van der Waals surface area (Å²) in [6, 6.07) is 26.6. The first kappa shape index (κ1) is 28.2. The smallest absolute Gasteiger partial charge is 0.304 e. The second-order valence-electron chi connectivity index (χ2n) is 9.86. The van der Waals surface area contributed by atoms with Crippen LogP contribution < -0.4 is 9.80 Å². The lowest BCUT2D eigenvalue weighted by molar-refractivity contribution is -0.137. The Morgan fingerprint density at radius 1 is 1.05 bits per heavy atom. The molecule has 0 radical (unpaired) electrons. The van der Waals surface area contributed by atoms with Crippen LogP contribution in [0.15, 0.2) is 72.8 Å². The molecule has 4 rings (SSSR count). The van der Waals surface area contributed by atoms with Crippen molar-refractivity contribution < 1.29 is 19.4 Å². The Morgan fingerprint density at radius 2 is 1.74 bits per heavy atom. The summed E-state index contributed by atoms with van der Waals surface area (Å²) >= 11 is 0. The van der Waals surface area contributed by atoms with Gasteiger partial charge in [-0.05, 0) is 73.4 Å². The quantitative estimate of drug-likeness (QED) is 0.283. The van der Waals surface area contributed by atoms with Crippen LogP contribution in [0.25, 0.3) is 0 Å². The van der Waals surface area contributed by atoms with Crippen molar-refractivity contribution in [3.8, 4) is 6.07 Å². The van der Waals surface area contributed by atoms with Crippen molar-refractivity contribution >= 4 is 28.7 Å². The number of aliphatic carboxylic acids is 1. The number of para-hydroxylation sites is 1. The first-order valence-corrected chi connectivity index (χ1v) is 13.6. The molecule has 0 aromatic heterocycles. The minimum Gasteiger partial charge on any atom is -0.481 e. The molecule has 204 valence electrons. The van der Waals surface area contributed by atoms with Crippen molar-refractivity contribution in [1.29, 1.82) is 5.26 Å². The van der Waals surface area contributed by atoms with E-state index in [4.69, 9.17) is 9.47 Å². The number of benzene rings is 3. The predicted octanol–water partition coefficient (Wildman–Crippen LogP) is 6.63. The van der Waals surface area contributed by atoms with Crippen LogP contribution in [0.3, 0.4) is 0 Å². The number of nitrogens with zero attached hydrogens (tertiary/aromatic N) is 3. The topological polar surface area (TPSA) is 86.0 Å². The van der Waals surface area contributed by atoms with Gasteiger partial charge in [0.1, 0.15) is 0 Å². The Kier molecular flexibility index (Phi) is 9.96. The highest BCUT2D eigenvalue weighted by Gasteiger charge is 2.27. The van der Waals surface area contributed by atoms with Crippen LogP contribution in [0.5, 0.6) is 0 Å². The number of carboxylic acid groups (broad SMARTS) is 1. The van der Waals surface area contributed by atoms with Gasteiger partial charge in [0.15, 0.2) is 0 Å². The lowest BCUT2D eigenvalue weighted by Gasteiger charge is -2.39. The molecular weight excluding hydrogens is 490 g/mol. The number of anilines is 4. The third kappa shape index (κ3) is 6.97. The SMILES string of the molecule is CCCN(c1ccc(C(COC)CC(=O)O)cc1N(c1ccccc1)c1ccc(C#N)cc1)C1CCOCC1. The maximum absolute atomic E-state index is 11.7. The summed E-state index contributed by atoms with van der Waals surface area (Å²) in [5.74, 6) is -1.15. The normalized spacial score (nSPS) is 14.4. The number of hydrogen-bond donors (Lipinski definition) is 1. The van der Waals surface area contributed by atoms with Crippen LogP contribution in [-0.4, -0.2) is 50.6 Å². The number of carboxylic acids is 1. The van der Waals surface area contributed by atoms with E-state index in [0.29, 0.717) is 18.2 Å². The van der Waals surface area contributed by atoms with Gasteiger partial charge in [0, 0.05) is 50.2 Å². The monoisotopic (exact) mass is 527 g/mol. The number of ether oxygens (including phenoxy) is 2. The molecule has 39 heavy (non-hydrogen) atoms. The van der Waals surface area contributed by atoms with E-state index in [-0.39, 0.29) is 12.3 Å². The predicted molar refractivity (Wildman–Crippen MR) is 154 cm³/mol. The first-order valence-electron chi connectivity index (χ1n) is 13.6. The van der Waals surface area contributed by atoms with Gasteiger partial charge in [-0.2, -0.15) is 5.26 Å². The van der Waals surface area contributed by atoms with Crippen molar-refractivity contribution in [2.45, 2.75) is 44.6 Å². The molecule has 0 amide bonds. The third-order valence-electron chi connectivity index (χ3n) is 7.18. The van der Waals surface area contributed by atoms with Gasteiger partial charge in [0.2, 0.25) is 0 Å². The second-order valence-corrected chi connectivity index (χ2v) is 9.86. The fourth-order valence-corrected chi connectivity index (χ4v) is 5.33. The fourth-order valence-electron chi connectivity index (χ4n) is 5.33. The van der Waals surface area contributed by atoms with Gasteiger partial charge < -0.3 is 24.4 Å². The highest BCUT2D eigenvalue weighted by Crippen LogP contribution is 2.43. The van der Waals surface area contributed by atoms with E-state index in [1.165, 1.54) is 0 Å². The second kappa shape index (κ2) is 13.8. The molecule has 1 saturated heterocycles. The minimum atomic E-state index is -0.857. The van der Waals surface area contributed by atoms with Crippen LogP contribution in [0.1, 0.15) is 49.7 Å². The zero-order valence-corrected chi connectivity index (χ0v) is 22.8. The molecule has 7 nitrogen and oxygen atoms in total. The highest BCUT2D eigenvalue weighted by molar-refractivity contribution is 5.86. The molecule has 3 aromatic rings. The standard InChI is InChI=1S/C32H37N3O4/c1-3-17-34(27-15-18-39-19-16-27)30-14-11-25(26(23-38-2)21-32(36)37)20-31(30)35(28-7-5-4-6-8-28)29-12-9-24(22-33)10-13-29/h4-14,20,26-27H,3,15-19,21,23H2,1-2H3,(H,36,37). The number of rotatable bonds is 12. The van der Waals surface area contributed by atoms with Gasteiger partial charge in [-0.15, -0.1) is 0 Å². The Hall–Kier alpha value is -3.86. The average Bonchev–Trinajstić information content (AvgIpc) is 2.97. The van der Waals surface area contributed by atoms with Crippen LogP contribution in [0, 0.1) is 11.3 Å². The average molecular weight is 528 g/mol. The molecule has 1 fully saturated rings. The van der Waals surface area contributed by atoms with Gasteiger partial charge in [0.25, 0.3) is 0 Å². The van der Waals surface area contributed by atoms with E-state index in [1.807, 2.05) is 42.5 Å². The van der Waals surface area contributed by atoms with Crippen molar-refractivity contribution in [1.82, 2.24) is 0 Å². The largest absolute Gasteiger partial charge is 0.481 e. The summed E-state index contributed by atoms with van der Waals surface area (Å²) in [5, 5.41) is 19.0. The zero-order chi connectivity index (χ0) is 27.6. The molecule has 0 aliphatic carbocycles. The minimum absolute atomic E-state index is 0.0204. The van der Waals surface area contributed by atoms with Crippen LogP contribution in [0.2, 0.25) is 0 Å². The van der Waals surface area contributed by atoms with Gasteiger partial charge in [-0.25, -0.2) is 0 Å². The molecule has 1 heterocycles. The molecule has 1 atom stereocenters. The Balaban J connectivity index is 1.93. The molecule has 3 aromatic carbocycles. The summed E-state index contributed by atoms with van der Waals surface area (Å²) in [7, 11) is 1.60. The Labute approximate surface area is 231 Å². The van der Waals surface area contributed by atoms with Gasteiger partial charge in [0.05, 0.1) is 36.0 Å². The van der Waals surface area contributed by atoms with Crippen molar-refractivity contribution in [2.24, 2.45) is 0 Å². The molecule has 1 aliphatic rings. The number of methoxy groups -OCH3 is 1. The molecule has 1 unspecified atom stereocenters. The number of carbonyl (C=O) groups is 1. The van der Waals surface area contributed by atoms with Crippen LogP contribution >= 0.6 is 0 Å². The van der Waals surface area contributed by atoms with Gasteiger partial charge >= 0.3 is 5.97 Å². The molecular formula is C32H37N3O4. The molecule has 1 N–H and O–H groups in total. The van der Waals surface area contributed by atoms with E-state index >= 15 is 0 Å². The molecule has 0 bridgehead atoms. The summed E-state index contributed by atoms with van der Waals surface area (Å²) in [6.45, 7) is 4.88. The van der Waals surface area contributed by atoms with E-state index in [9.17, 15) is 15.2 Å². The Bertz CT molecular complexity index is 1250. The summed E-state index contributed by atoms with van der Waals surface area (Å²) in [4.78, 5) is 16.4. The summed E-state index contributed by atoms with van der Waals surface area (Å²) in [6.07, 6.45) is 2.88. The maximum atomic E-state index is 11.7. The lowest BCUT2D eigenvalue weighted by Crippen LogP contribution is -2.40. The van der Waals surface area contributed by atoms with E-state index < -0.39 is 5.97 Å². The van der Waals surface area contributed by atoms with Crippen LogP contribution in [0.4, 0.5) is 22.7 Å². The molecule has 0 spiro atoms.